The second-order valence-electron chi connectivity index (χ2n) is 3.44. The first-order chi connectivity index (χ1) is 8.85. The molecule has 0 aromatic carbocycles. The molecule has 2 aromatic rings. The van der Waals surface area contributed by atoms with Gasteiger partial charge in [0.25, 0.3) is 0 Å². The topological polar surface area (TPSA) is 103 Å². The molecule has 0 atom stereocenters. The predicted octanol–water partition coefficient (Wildman–Crippen LogP) is 0.0794. The molecule has 0 unspecified atom stereocenters. The van der Waals surface area contributed by atoms with Crippen LogP contribution in [0.1, 0.15) is 0 Å². The van der Waals surface area contributed by atoms with Gasteiger partial charge in [-0.2, -0.15) is 5.10 Å². The minimum atomic E-state index is 0.439. The zero-order valence-electron chi connectivity index (χ0n) is 10.00. The van der Waals surface area contributed by atoms with Gasteiger partial charge >= 0.3 is 0 Å². The molecule has 96 valence electrons. The number of rotatable bonds is 6. The van der Waals surface area contributed by atoms with Gasteiger partial charge in [0.15, 0.2) is 11.6 Å². The molecule has 0 aliphatic rings. The van der Waals surface area contributed by atoms with Gasteiger partial charge in [-0.25, -0.2) is 15.8 Å². The fraction of sp³-hybridized carbons (Fsp3) is 0.300. The summed E-state index contributed by atoms with van der Waals surface area (Å²) in [5.74, 6) is 6.85. The smallest absolute Gasteiger partial charge is 0.205 e. The quantitative estimate of drug-likeness (QED) is 0.492. The Hall–Kier alpha value is -2.35. The molecule has 0 saturated carbocycles. The lowest BCUT2D eigenvalue weighted by Gasteiger charge is -2.12. The molecule has 2 rings (SSSR count). The van der Waals surface area contributed by atoms with Crippen LogP contribution < -0.4 is 21.3 Å². The Kier molecular flexibility index (Phi) is 3.92. The van der Waals surface area contributed by atoms with Gasteiger partial charge in [0.1, 0.15) is 6.33 Å². The summed E-state index contributed by atoms with van der Waals surface area (Å²) in [6.07, 6.45) is 5.04. The summed E-state index contributed by atoms with van der Waals surface area (Å²) in [5.41, 5.74) is 2.46. The lowest BCUT2D eigenvalue weighted by atomic mass is 10.4. The van der Waals surface area contributed by atoms with Crippen molar-refractivity contribution in [2.75, 3.05) is 24.4 Å². The summed E-state index contributed by atoms with van der Waals surface area (Å²) in [5, 5.41) is 7.25. The van der Waals surface area contributed by atoms with E-state index in [9.17, 15) is 0 Å². The van der Waals surface area contributed by atoms with Crippen LogP contribution in [0, 0.1) is 0 Å². The molecule has 8 nitrogen and oxygen atoms in total. The molecule has 0 spiro atoms. The number of hydrogen-bond donors (Lipinski definition) is 3. The molecule has 0 amide bonds. The molecule has 0 aliphatic heterocycles. The van der Waals surface area contributed by atoms with Crippen LogP contribution >= 0.6 is 0 Å². The van der Waals surface area contributed by atoms with E-state index in [4.69, 9.17) is 10.6 Å². The highest BCUT2D eigenvalue weighted by atomic mass is 16.5. The zero-order chi connectivity index (χ0) is 12.8. The molecule has 0 saturated heterocycles. The number of hydrogen-bond acceptors (Lipinski definition) is 7. The van der Waals surface area contributed by atoms with Gasteiger partial charge in [-0.15, -0.1) is 0 Å². The van der Waals surface area contributed by atoms with Gasteiger partial charge in [-0.05, 0) is 6.07 Å². The van der Waals surface area contributed by atoms with Crippen molar-refractivity contribution in [1.82, 2.24) is 19.7 Å². The molecule has 18 heavy (non-hydrogen) atoms. The van der Waals surface area contributed by atoms with E-state index in [0.717, 1.165) is 6.54 Å². The predicted molar refractivity (Wildman–Crippen MR) is 67.1 cm³/mol. The molecule has 2 heterocycles. The van der Waals surface area contributed by atoms with E-state index in [1.165, 1.54) is 13.4 Å². The number of nitrogen functional groups attached to an aromatic ring is 1. The van der Waals surface area contributed by atoms with Crippen LogP contribution in [-0.2, 0) is 6.54 Å². The van der Waals surface area contributed by atoms with Crippen molar-refractivity contribution in [3.8, 4) is 5.75 Å². The molecule has 0 aliphatic carbocycles. The van der Waals surface area contributed by atoms with Crippen LogP contribution in [-0.4, -0.2) is 33.4 Å². The van der Waals surface area contributed by atoms with E-state index in [2.05, 4.69) is 25.8 Å². The summed E-state index contributed by atoms with van der Waals surface area (Å²) in [6.45, 7) is 1.39. The summed E-state index contributed by atoms with van der Waals surface area (Å²) < 4.78 is 7.02. The van der Waals surface area contributed by atoms with Crippen LogP contribution in [0.15, 0.2) is 24.8 Å². The maximum absolute atomic E-state index is 5.34. The van der Waals surface area contributed by atoms with Gasteiger partial charge in [-0.1, -0.05) is 0 Å². The number of anilines is 2. The zero-order valence-corrected chi connectivity index (χ0v) is 10.00. The van der Waals surface area contributed by atoms with Crippen LogP contribution in [0.2, 0.25) is 0 Å². The average molecular weight is 249 g/mol. The number of nitrogens with zero attached hydrogens (tertiary/aromatic N) is 4. The van der Waals surface area contributed by atoms with Crippen molar-refractivity contribution in [3.05, 3.63) is 24.8 Å². The normalized spacial score (nSPS) is 10.1. The standard InChI is InChI=1S/C10H15N7O/c1-18-8-9(13-7-14-10(8)16-11)12-4-6-17-5-2-3-15-17/h2-3,5,7H,4,6,11H2,1H3,(H2,12,13,14,16). The fourth-order valence-corrected chi connectivity index (χ4v) is 1.52. The summed E-state index contributed by atoms with van der Waals surface area (Å²) in [7, 11) is 1.54. The Morgan fingerprint density at radius 3 is 2.89 bits per heavy atom. The van der Waals surface area contributed by atoms with E-state index >= 15 is 0 Å². The Morgan fingerprint density at radius 1 is 1.39 bits per heavy atom. The van der Waals surface area contributed by atoms with E-state index in [-0.39, 0.29) is 0 Å². The molecule has 0 radical (unpaired) electrons. The number of ether oxygens (including phenoxy) is 1. The first-order valence-corrected chi connectivity index (χ1v) is 5.42. The number of methoxy groups -OCH3 is 1. The first-order valence-electron chi connectivity index (χ1n) is 5.42. The van der Waals surface area contributed by atoms with Crippen molar-refractivity contribution in [3.63, 3.8) is 0 Å². The summed E-state index contributed by atoms with van der Waals surface area (Å²) >= 11 is 0. The summed E-state index contributed by atoms with van der Waals surface area (Å²) in [6, 6.07) is 1.88. The Balaban J connectivity index is 2.00. The van der Waals surface area contributed by atoms with Crippen molar-refractivity contribution in [1.29, 1.82) is 0 Å². The van der Waals surface area contributed by atoms with E-state index in [1.54, 1.807) is 6.20 Å². The minimum absolute atomic E-state index is 0.439. The van der Waals surface area contributed by atoms with Gasteiger partial charge in [-0.3, -0.25) is 4.68 Å². The average Bonchev–Trinajstić information content (AvgIpc) is 2.91. The molecule has 4 N–H and O–H groups in total. The van der Waals surface area contributed by atoms with Crippen LogP contribution in [0.3, 0.4) is 0 Å². The van der Waals surface area contributed by atoms with E-state index in [1.807, 2.05) is 16.9 Å². The Labute approximate surface area is 104 Å². The number of aromatic nitrogens is 4. The molecule has 2 aromatic heterocycles. The Morgan fingerprint density at radius 2 is 2.22 bits per heavy atom. The minimum Gasteiger partial charge on any atom is -0.490 e. The highest BCUT2D eigenvalue weighted by Crippen LogP contribution is 2.27. The van der Waals surface area contributed by atoms with Gasteiger partial charge in [0, 0.05) is 18.9 Å². The second-order valence-corrected chi connectivity index (χ2v) is 3.44. The van der Waals surface area contributed by atoms with Gasteiger partial charge < -0.3 is 15.5 Å². The Bertz CT molecular complexity index is 485. The third-order valence-electron chi connectivity index (χ3n) is 2.34. The fourth-order valence-electron chi connectivity index (χ4n) is 1.52. The molecule has 8 heteroatoms. The van der Waals surface area contributed by atoms with Gasteiger partial charge in [0.2, 0.25) is 5.75 Å². The first kappa shape index (κ1) is 12.1. The largest absolute Gasteiger partial charge is 0.490 e. The summed E-state index contributed by atoms with van der Waals surface area (Å²) in [4.78, 5) is 8.06. The highest BCUT2D eigenvalue weighted by molar-refractivity contribution is 5.62. The van der Waals surface area contributed by atoms with Crippen LogP contribution in [0.4, 0.5) is 11.6 Å². The van der Waals surface area contributed by atoms with Crippen LogP contribution in [0.25, 0.3) is 0 Å². The van der Waals surface area contributed by atoms with Crippen molar-refractivity contribution < 1.29 is 4.74 Å². The third kappa shape index (κ3) is 2.66. The monoisotopic (exact) mass is 249 g/mol. The van der Waals surface area contributed by atoms with Crippen molar-refractivity contribution in [2.45, 2.75) is 6.54 Å². The lowest BCUT2D eigenvalue weighted by molar-refractivity contribution is 0.414. The lowest BCUT2D eigenvalue weighted by Crippen LogP contribution is -2.15. The van der Waals surface area contributed by atoms with E-state index in [0.29, 0.717) is 23.9 Å². The SMILES string of the molecule is COc1c(NN)ncnc1NCCn1cccn1. The molecular weight excluding hydrogens is 234 g/mol. The van der Waals surface area contributed by atoms with Gasteiger partial charge in [0.05, 0.1) is 13.7 Å². The highest BCUT2D eigenvalue weighted by Gasteiger charge is 2.10. The number of nitrogens with two attached hydrogens (primary N) is 1. The number of hydrazine groups is 1. The molecular formula is C10H15N7O. The van der Waals surface area contributed by atoms with Crippen LogP contribution in [0.5, 0.6) is 5.75 Å². The molecule has 0 bridgehead atoms. The van der Waals surface area contributed by atoms with Crippen molar-refractivity contribution >= 4 is 11.6 Å². The molecule has 0 fully saturated rings. The van der Waals surface area contributed by atoms with Crippen molar-refractivity contribution in [2.24, 2.45) is 5.84 Å². The van der Waals surface area contributed by atoms with E-state index < -0.39 is 0 Å². The maximum Gasteiger partial charge on any atom is 0.205 e. The second kappa shape index (κ2) is 5.82. The number of nitrogens with one attached hydrogen (secondary N) is 2. The maximum atomic E-state index is 5.34. The third-order valence-corrected chi connectivity index (χ3v) is 2.34.